The number of alkyl halides is 1. The third kappa shape index (κ3) is 38.5. The molecule has 0 spiro atoms. The fourth-order valence-electron chi connectivity index (χ4n) is 11.7. The molecule has 0 amide bonds. The second-order valence-corrected chi connectivity index (χ2v) is 26.9. The maximum Gasteiger partial charge on any atom is 2.00 e. The molecule has 2 saturated carbocycles. The number of rotatable bonds is 16. The zero-order valence-electron chi connectivity index (χ0n) is 59.1. The number of hydrogen-bond donors (Lipinski definition) is 2. The first-order valence-electron chi connectivity index (χ1n) is 31.9. The zero-order chi connectivity index (χ0) is 65.9. The minimum Gasteiger partial charge on any atom is -0.679 e. The molecule has 4 N–H and O–H groups in total. The number of aromatic nitrogens is 2. The van der Waals surface area contributed by atoms with Crippen molar-refractivity contribution < 1.29 is 51.7 Å². The van der Waals surface area contributed by atoms with Crippen LogP contribution in [0.1, 0.15) is 110 Å². The zero-order valence-corrected chi connectivity index (χ0v) is 68.4. The minimum absolute atomic E-state index is 0. The molecule has 6 aliphatic rings. The molecule has 95 heavy (non-hydrogen) atoms. The van der Waals surface area contributed by atoms with Crippen molar-refractivity contribution in [3.8, 4) is 11.1 Å². The van der Waals surface area contributed by atoms with E-state index in [-0.39, 0.29) is 67.8 Å². The summed E-state index contributed by atoms with van der Waals surface area (Å²) in [4.78, 5) is 21.3. The molecular weight excluding hydrogens is 1520 g/mol. The van der Waals surface area contributed by atoms with E-state index in [2.05, 4.69) is 210 Å². The van der Waals surface area contributed by atoms with Gasteiger partial charge < -0.3 is 61.6 Å². The van der Waals surface area contributed by atoms with Crippen molar-refractivity contribution in [3.05, 3.63) is 209 Å². The maximum absolute atomic E-state index is 6.26. The Bertz CT molecular complexity index is 2790. The molecule has 6 fully saturated rings. The van der Waals surface area contributed by atoms with Gasteiger partial charge in [0.2, 0.25) is 0 Å². The van der Waals surface area contributed by atoms with Crippen molar-refractivity contribution in [1.82, 2.24) is 34.5 Å². The predicted octanol–water partition coefficient (Wildman–Crippen LogP) is 22.2. The van der Waals surface area contributed by atoms with E-state index in [1.165, 1.54) is 133 Å². The Morgan fingerprint density at radius 2 is 1.01 bits per heavy atom. The van der Waals surface area contributed by atoms with Gasteiger partial charge in [-0.25, -0.2) is 14.7 Å². The number of fused-ring (bicyclic) bond motifs is 2. The normalized spacial score (nSPS) is 18.0. The summed E-state index contributed by atoms with van der Waals surface area (Å²) in [6.07, 6.45) is 23.5. The van der Waals surface area contributed by atoms with Crippen LogP contribution in [-0.4, -0.2) is 146 Å². The van der Waals surface area contributed by atoms with Crippen LogP contribution >= 0.6 is 62.1 Å². The van der Waals surface area contributed by atoms with Crippen LogP contribution in [0.25, 0.3) is 44.4 Å². The third-order valence-corrected chi connectivity index (χ3v) is 19.2. The molecule has 4 saturated heterocycles. The van der Waals surface area contributed by atoms with Gasteiger partial charge in [-0.3, -0.25) is 9.97 Å². The summed E-state index contributed by atoms with van der Waals surface area (Å²) in [5.41, 5.74) is 20.7. The van der Waals surface area contributed by atoms with Gasteiger partial charge in [0.15, 0.2) is 0 Å². The van der Waals surface area contributed by atoms with E-state index in [4.69, 9.17) is 34.7 Å². The van der Waals surface area contributed by atoms with Crippen LogP contribution in [0, 0.1) is 41.5 Å². The number of pyridine rings is 2. The van der Waals surface area contributed by atoms with Gasteiger partial charge in [0.1, 0.15) is 18.9 Å². The molecule has 13 rings (SSSR count). The Hall–Kier alpha value is -2.11. The van der Waals surface area contributed by atoms with E-state index in [9.17, 15) is 0 Å². The van der Waals surface area contributed by atoms with Gasteiger partial charge in [-0.05, 0) is 149 Å². The van der Waals surface area contributed by atoms with E-state index in [0.717, 1.165) is 81.1 Å². The van der Waals surface area contributed by atoms with E-state index in [1.54, 1.807) is 0 Å². The number of benzene rings is 5. The van der Waals surface area contributed by atoms with Gasteiger partial charge in [-0.1, -0.05) is 180 Å². The molecule has 0 radical (unpaired) electrons. The van der Waals surface area contributed by atoms with E-state index in [0.29, 0.717) is 12.0 Å². The molecule has 3 unspecified atom stereocenters. The van der Waals surface area contributed by atoms with Crippen LogP contribution in [0.3, 0.4) is 0 Å². The fraction of sp³-hybridized carbons (Fsp3) is 0.467. The first-order valence-corrected chi connectivity index (χ1v) is 40.0. The van der Waals surface area contributed by atoms with Crippen molar-refractivity contribution in [2.24, 2.45) is 11.8 Å². The van der Waals surface area contributed by atoms with Crippen molar-refractivity contribution in [3.63, 3.8) is 0 Å². The number of nitrogens with one attached hydrogen (secondary N) is 4. The van der Waals surface area contributed by atoms with Crippen molar-refractivity contribution in [2.75, 3.05) is 116 Å². The number of halogens is 5. The summed E-state index contributed by atoms with van der Waals surface area (Å²) >= 11 is 20.4. The second kappa shape index (κ2) is 59.6. The monoisotopic (exact) mass is 1640 g/mol. The van der Waals surface area contributed by atoms with Gasteiger partial charge in [-0.2, -0.15) is 13.1 Å². The molecule has 4 aliphatic heterocycles. The van der Waals surface area contributed by atoms with Crippen LogP contribution in [0.5, 0.6) is 0 Å². The molecule has 6 heterocycles. The van der Waals surface area contributed by atoms with Crippen molar-refractivity contribution in [1.29, 1.82) is 0 Å². The second-order valence-electron chi connectivity index (χ2n) is 23.6. The van der Waals surface area contributed by atoms with Gasteiger partial charge in [0.25, 0.3) is 0 Å². The Labute approximate surface area is 634 Å². The molecule has 20 heteroatoms. The summed E-state index contributed by atoms with van der Waals surface area (Å²) in [6, 6.07) is 47.6. The van der Waals surface area contributed by atoms with Crippen LogP contribution in [-0.2, 0) is 51.7 Å². The molecule has 3 atom stereocenters. The molecule has 534 valence electrons. The minimum atomic E-state index is 0. The molecule has 5 aromatic carbocycles. The SMILES string of the molecule is C1CCCC1.C1N2CN3CN1C[PH+](C2)C3.CC(C)c1ccccc1.CCN(CC)CCCC(C)Nc1ccnc2cc(Cl)ccc12.CCl.CN(C)CC1CCCC1CNc1ccnc2cc(Cl)ccc12.[CH3-].[CH3-].[CH3-].[CH3-].[Cl][Ru+3].[Cl][Ru+].[Fe+2].[NH-]CC[NH-].c1ccc(-c2ccccc2)cc1. The predicted molar refractivity (Wildman–Crippen MR) is 418 cm³/mol. The topological polar surface area (TPSA) is 114 Å². The quantitative estimate of drug-likeness (QED) is 0.0423. The number of nitrogens with zero attached hydrogens (tertiary/aromatic N) is 7. The molecule has 2 aliphatic carbocycles. The Balaban J connectivity index is -0.00000107. The summed E-state index contributed by atoms with van der Waals surface area (Å²) < 4.78 is 0. The van der Waals surface area contributed by atoms with Gasteiger partial charge >= 0.3 is 71.1 Å². The molecule has 2 aromatic heterocycles. The molecular formula is C75H116Cl5FeN11PRu2+. The summed E-state index contributed by atoms with van der Waals surface area (Å²) in [5.74, 6) is 2.23. The average Bonchev–Trinajstić information content (AvgIpc) is 1.59. The number of anilines is 2. The van der Waals surface area contributed by atoms with Crippen molar-refractivity contribution >= 4 is 95.3 Å². The summed E-state index contributed by atoms with van der Waals surface area (Å²) in [5, 5.41) is 11.0. The fourth-order valence-corrected chi connectivity index (χ4v) is 14.8. The Morgan fingerprint density at radius 1 is 0.600 bits per heavy atom. The first-order chi connectivity index (χ1) is 43.8. The standard InChI is InChI=1S/C18H24ClN3.C18H26ClN3.C12H10.C9H12.C6H12N3P.C5H10.C2H6N2.CH3Cl.4CH3.2ClH.Fe.2Ru/c1-22(2)12-14-5-3-4-13(14)11-21-17-8-9-20-18-10-15(19)6-7-16(17)18;1-4-22(5-2)12-6-7-14(3)21-17-10-11-20-18-13-15(19)8-9-16(17)18;1-3-7-11(8-4-1)12-9-5-2-6-10-12;1-8(2)9-6-4-3-5-7-9;1-7-2-9-3-8(1)5-10(4-7)6-9;1-2-4-5-3-1;3-1-2-4;1-2;;;;;;;;;/h6-10,13-14H,3-5,11-12H2,1-2H3,(H,20,21);8-11,13-14H,4-7,12H2,1-3H3,(H,20,21);1-10H;3-8H,1-2H3;1-6H2;1-5H2;3-4H,1-2H2;1H3;4*1H3;2*1H;;;/q;;;;;;-2;;4*-1;;;2*+2;+4/p-1. The van der Waals surface area contributed by atoms with E-state index < -0.39 is 0 Å². The maximum atomic E-state index is 6.26. The largest absolute Gasteiger partial charge is 2.00 e. The van der Waals surface area contributed by atoms with Gasteiger partial charge in [-0.15, -0.1) is 11.6 Å². The van der Waals surface area contributed by atoms with Crippen molar-refractivity contribution in [2.45, 2.75) is 111 Å². The average molecular weight is 1640 g/mol. The van der Waals surface area contributed by atoms with Crippen LogP contribution in [0.4, 0.5) is 11.4 Å². The Kier molecular flexibility index (Phi) is 60.9. The van der Waals surface area contributed by atoms with Crippen LogP contribution in [0.15, 0.2) is 152 Å². The smallest absolute Gasteiger partial charge is 0.679 e. The Morgan fingerprint density at radius 3 is 1.40 bits per heavy atom. The van der Waals surface area contributed by atoms with Crippen LogP contribution in [0.2, 0.25) is 10.0 Å². The molecule has 4 bridgehead atoms. The van der Waals surface area contributed by atoms with E-state index >= 15 is 0 Å². The first kappa shape index (κ1) is 97.1. The van der Waals surface area contributed by atoms with Gasteiger partial charge in [0.05, 0.1) is 31.0 Å². The summed E-state index contributed by atoms with van der Waals surface area (Å²) in [7, 11) is 13.5. The number of hydrogen-bond acceptors (Lipinski definition) is 9. The summed E-state index contributed by atoms with van der Waals surface area (Å²) in [6.45, 7) is 21.0. The van der Waals surface area contributed by atoms with E-state index in [1.807, 2.05) is 102 Å². The molecule has 7 aromatic rings. The molecule has 11 nitrogen and oxygen atoms in total. The van der Waals surface area contributed by atoms with Crippen LogP contribution < -0.4 is 10.6 Å². The van der Waals surface area contributed by atoms with Gasteiger partial charge in [0, 0.05) is 78.0 Å². The third-order valence-electron chi connectivity index (χ3n) is 16.1.